The van der Waals surface area contributed by atoms with Gasteiger partial charge in [0, 0.05) is 18.3 Å². The van der Waals surface area contributed by atoms with Crippen LogP contribution in [0.5, 0.6) is 0 Å². The maximum atomic E-state index is 4.66. The fourth-order valence-electron chi connectivity index (χ4n) is 2.93. The van der Waals surface area contributed by atoms with Gasteiger partial charge in [0.25, 0.3) is 0 Å². The number of nitrogens with zero attached hydrogens (tertiary/aromatic N) is 2. The van der Waals surface area contributed by atoms with Crippen molar-refractivity contribution < 1.29 is 0 Å². The van der Waals surface area contributed by atoms with Crippen molar-refractivity contribution in [3.8, 4) is 0 Å². The Balaban J connectivity index is 2.22. The molecule has 0 fully saturated rings. The first-order valence-electron chi connectivity index (χ1n) is 8.16. The van der Waals surface area contributed by atoms with E-state index in [-0.39, 0.29) is 0 Å². The molecule has 120 valence electrons. The Labute approximate surface area is 144 Å². The second kappa shape index (κ2) is 7.14. The average molecular weight is 314 g/mol. The molecule has 0 aliphatic heterocycles. The van der Waals surface area contributed by atoms with Crippen molar-refractivity contribution in [1.82, 2.24) is 0 Å². The smallest absolute Gasteiger partial charge is 0.140 e. The molecule has 0 aliphatic carbocycles. The summed E-state index contributed by atoms with van der Waals surface area (Å²) in [5.74, 6) is 0.952. The maximum absolute atomic E-state index is 4.66. The summed E-state index contributed by atoms with van der Waals surface area (Å²) in [6.07, 6.45) is 0. The lowest BCUT2D eigenvalue weighted by molar-refractivity contribution is 1.25. The molecule has 0 saturated heterocycles. The summed E-state index contributed by atoms with van der Waals surface area (Å²) < 4.78 is 0. The van der Waals surface area contributed by atoms with Crippen LogP contribution >= 0.6 is 0 Å². The molecule has 0 spiro atoms. The van der Waals surface area contributed by atoms with Gasteiger partial charge in [-0.15, -0.1) is 0 Å². The highest BCUT2D eigenvalue weighted by Gasteiger charge is 2.19. The number of rotatable bonds is 3. The number of aryl methyl sites for hydroxylation is 2. The molecule has 3 aromatic carbocycles. The molecule has 0 saturated carbocycles. The first-order valence-corrected chi connectivity index (χ1v) is 8.16. The highest BCUT2D eigenvalue weighted by atomic mass is 15.2. The van der Waals surface area contributed by atoms with Gasteiger partial charge in [0.15, 0.2) is 0 Å². The minimum Gasteiger partial charge on any atom is -0.295 e. The van der Waals surface area contributed by atoms with Crippen molar-refractivity contribution in [1.29, 1.82) is 0 Å². The van der Waals surface area contributed by atoms with Gasteiger partial charge in [0.1, 0.15) is 5.84 Å². The molecule has 0 aromatic heterocycles. The van der Waals surface area contributed by atoms with E-state index in [4.69, 9.17) is 0 Å². The van der Waals surface area contributed by atoms with Crippen LogP contribution in [0.25, 0.3) is 0 Å². The number of anilines is 2. The molecule has 2 heteroatoms. The van der Waals surface area contributed by atoms with Crippen LogP contribution in [0.4, 0.5) is 11.4 Å². The fourth-order valence-corrected chi connectivity index (χ4v) is 2.93. The standard InChI is InChI=1S/C22H22N2/c1-17-11-7-9-15-20(17)22(23-3)24(19-13-5-4-6-14-19)21-16-10-8-12-18(21)2/h4-16H,1-3H3. The van der Waals surface area contributed by atoms with E-state index >= 15 is 0 Å². The van der Waals surface area contributed by atoms with E-state index in [0.717, 1.165) is 22.8 Å². The summed E-state index contributed by atoms with van der Waals surface area (Å²) in [7, 11) is 1.86. The molecular formula is C22H22N2. The van der Waals surface area contributed by atoms with Gasteiger partial charge in [0.2, 0.25) is 0 Å². The predicted molar refractivity (Wildman–Crippen MR) is 103 cm³/mol. The molecule has 0 atom stereocenters. The van der Waals surface area contributed by atoms with Crippen LogP contribution in [-0.2, 0) is 0 Å². The molecule has 0 radical (unpaired) electrons. The lowest BCUT2D eigenvalue weighted by Crippen LogP contribution is -2.28. The van der Waals surface area contributed by atoms with Crippen molar-refractivity contribution in [3.05, 3.63) is 95.6 Å². The van der Waals surface area contributed by atoms with Gasteiger partial charge >= 0.3 is 0 Å². The normalized spacial score (nSPS) is 11.4. The number of benzene rings is 3. The van der Waals surface area contributed by atoms with Crippen molar-refractivity contribution in [2.24, 2.45) is 4.99 Å². The number of hydrogen-bond acceptors (Lipinski definition) is 1. The monoisotopic (exact) mass is 314 g/mol. The van der Waals surface area contributed by atoms with E-state index in [0.29, 0.717) is 0 Å². The van der Waals surface area contributed by atoms with Crippen LogP contribution < -0.4 is 4.90 Å². The highest BCUT2D eigenvalue weighted by molar-refractivity contribution is 6.15. The van der Waals surface area contributed by atoms with Gasteiger partial charge in [-0.3, -0.25) is 9.89 Å². The molecule has 0 N–H and O–H groups in total. The zero-order valence-corrected chi connectivity index (χ0v) is 14.4. The molecule has 0 aliphatic rings. The Morgan fingerprint density at radius 1 is 0.708 bits per heavy atom. The van der Waals surface area contributed by atoms with Gasteiger partial charge in [0.05, 0.1) is 5.69 Å². The molecule has 0 bridgehead atoms. The molecule has 24 heavy (non-hydrogen) atoms. The van der Waals surface area contributed by atoms with Crippen LogP contribution in [0.15, 0.2) is 83.9 Å². The number of aliphatic imine (C=N–C) groups is 1. The van der Waals surface area contributed by atoms with Crippen LogP contribution in [0.1, 0.15) is 16.7 Å². The topological polar surface area (TPSA) is 15.6 Å². The second-order valence-corrected chi connectivity index (χ2v) is 5.82. The molecular weight excluding hydrogens is 292 g/mol. The number of para-hydroxylation sites is 2. The van der Waals surface area contributed by atoms with Crippen molar-refractivity contribution in [2.45, 2.75) is 13.8 Å². The van der Waals surface area contributed by atoms with Gasteiger partial charge in [-0.2, -0.15) is 0 Å². The third kappa shape index (κ3) is 3.09. The minimum absolute atomic E-state index is 0.952. The van der Waals surface area contributed by atoms with Crippen LogP contribution in [0.2, 0.25) is 0 Å². The number of amidine groups is 1. The van der Waals surface area contributed by atoms with E-state index in [1.807, 2.05) is 13.1 Å². The minimum atomic E-state index is 0.952. The van der Waals surface area contributed by atoms with Gasteiger partial charge in [-0.05, 0) is 43.2 Å². The van der Waals surface area contributed by atoms with Crippen molar-refractivity contribution in [2.75, 3.05) is 11.9 Å². The number of hydrogen-bond donors (Lipinski definition) is 0. The third-order valence-corrected chi connectivity index (χ3v) is 4.18. The quantitative estimate of drug-likeness (QED) is 0.459. The van der Waals surface area contributed by atoms with E-state index in [9.17, 15) is 0 Å². The summed E-state index contributed by atoms with van der Waals surface area (Å²) in [6.45, 7) is 4.26. The first-order chi connectivity index (χ1) is 11.7. The Morgan fingerprint density at radius 3 is 1.92 bits per heavy atom. The molecule has 3 rings (SSSR count). The van der Waals surface area contributed by atoms with Gasteiger partial charge < -0.3 is 0 Å². The summed E-state index contributed by atoms with van der Waals surface area (Å²) >= 11 is 0. The summed E-state index contributed by atoms with van der Waals surface area (Å²) in [5.41, 5.74) is 5.83. The fraction of sp³-hybridized carbons (Fsp3) is 0.136. The second-order valence-electron chi connectivity index (χ2n) is 5.82. The van der Waals surface area contributed by atoms with E-state index in [1.54, 1.807) is 0 Å². The largest absolute Gasteiger partial charge is 0.295 e. The zero-order valence-electron chi connectivity index (χ0n) is 14.4. The van der Waals surface area contributed by atoms with E-state index in [1.165, 1.54) is 11.1 Å². The van der Waals surface area contributed by atoms with Gasteiger partial charge in [-0.1, -0.05) is 60.7 Å². The Bertz CT molecular complexity index is 851. The predicted octanol–water partition coefficient (Wildman–Crippen LogP) is 5.52. The molecule has 0 heterocycles. The molecule has 0 amide bonds. The summed E-state index contributed by atoms with van der Waals surface area (Å²) in [5, 5.41) is 0. The molecule has 0 unspecified atom stereocenters. The van der Waals surface area contributed by atoms with Crippen LogP contribution in [-0.4, -0.2) is 12.9 Å². The van der Waals surface area contributed by atoms with Gasteiger partial charge in [-0.25, -0.2) is 0 Å². The lowest BCUT2D eigenvalue weighted by Gasteiger charge is -2.28. The van der Waals surface area contributed by atoms with E-state index in [2.05, 4.69) is 96.5 Å². The zero-order chi connectivity index (χ0) is 16.9. The maximum Gasteiger partial charge on any atom is 0.140 e. The van der Waals surface area contributed by atoms with Crippen LogP contribution in [0.3, 0.4) is 0 Å². The molecule has 2 nitrogen and oxygen atoms in total. The van der Waals surface area contributed by atoms with Crippen molar-refractivity contribution >= 4 is 17.2 Å². The van der Waals surface area contributed by atoms with Crippen molar-refractivity contribution in [3.63, 3.8) is 0 Å². The molecule has 3 aromatic rings. The lowest BCUT2D eigenvalue weighted by atomic mass is 10.0. The Hall–Kier alpha value is -2.87. The Kier molecular flexibility index (Phi) is 4.76. The third-order valence-electron chi connectivity index (χ3n) is 4.18. The highest BCUT2D eigenvalue weighted by Crippen LogP contribution is 2.31. The average Bonchev–Trinajstić information content (AvgIpc) is 2.62. The first kappa shape index (κ1) is 16.0. The van der Waals surface area contributed by atoms with Crippen LogP contribution in [0, 0.1) is 13.8 Å². The Morgan fingerprint density at radius 2 is 1.29 bits per heavy atom. The van der Waals surface area contributed by atoms with E-state index < -0.39 is 0 Å². The summed E-state index contributed by atoms with van der Waals surface area (Å²) in [4.78, 5) is 6.89. The summed E-state index contributed by atoms with van der Waals surface area (Å²) in [6, 6.07) is 27.2. The SMILES string of the molecule is CN=C(c1ccccc1C)N(c1ccccc1)c1ccccc1C.